The quantitative estimate of drug-likeness (QED) is 0.1000. The maximum absolute atomic E-state index is 2.61. The van der Waals surface area contributed by atoms with Crippen LogP contribution in [0.15, 0.2) is 249 Å². The Balaban J connectivity index is 1.13. The number of anilines is 3. The molecule has 0 aliphatic rings. The van der Waals surface area contributed by atoms with Crippen LogP contribution in [0, 0.1) is 0 Å². The number of hydrogen-bond acceptors (Lipinski definition) is 1. The van der Waals surface area contributed by atoms with Crippen molar-refractivity contribution in [3.05, 3.63) is 249 Å². The van der Waals surface area contributed by atoms with Gasteiger partial charge in [-0.05, 0) is 90.5 Å². The third-order valence-electron chi connectivity index (χ3n) is 10.8. The minimum atomic E-state index is -2.61. The zero-order chi connectivity index (χ0) is 37.6. The van der Waals surface area contributed by atoms with Gasteiger partial charge in [-0.1, -0.05) is 212 Å². The average molecular weight is 732 g/mol. The predicted octanol–water partition coefficient (Wildman–Crippen LogP) is 11.5. The summed E-state index contributed by atoms with van der Waals surface area (Å²) in [5.74, 6) is 0. The topological polar surface area (TPSA) is 3.24 Å². The van der Waals surface area contributed by atoms with E-state index in [1.165, 1.54) is 54.1 Å². The van der Waals surface area contributed by atoms with Crippen LogP contribution in [0.4, 0.5) is 17.1 Å². The fraction of sp³-hybridized carbons (Fsp3) is 0. The molecule has 0 bridgehead atoms. The standard InChI is InChI=1S/C54H41NSi/c1-6-17-42(18-7-1)44-29-35-48(36-30-44)55(49-37-31-45(32-38-49)43-19-8-2-9-20-43)50-22-16-21-47(41-50)46-33-39-54(40-34-46)56(51-23-10-3-11-24-51,52-25-12-4-13-26-52)53-27-14-5-15-28-53/h1-41H. The zero-order valence-electron chi connectivity index (χ0n) is 31.1. The Morgan fingerprint density at radius 3 is 0.929 bits per heavy atom. The minimum Gasteiger partial charge on any atom is -0.310 e. The average Bonchev–Trinajstić information content (AvgIpc) is 3.29. The lowest BCUT2D eigenvalue weighted by Crippen LogP contribution is -2.74. The van der Waals surface area contributed by atoms with Crippen molar-refractivity contribution in [2.75, 3.05) is 4.90 Å². The molecule has 266 valence electrons. The molecule has 0 atom stereocenters. The van der Waals surface area contributed by atoms with E-state index < -0.39 is 8.07 Å². The molecule has 9 aromatic carbocycles. The number of nitrogens with zero attached hydrogens (tertiary/aromatic N) is 1. The summed E-state index contributed by atoms with van der Waals surface area (Å²) in [6.45, 7) is 0. The van der Waals surface area contributed by atoms with E-state index in [2.05, 4.69) is 254 Å². The van der Waals surface area contributed by atoms with E-state index in [-0.39, 0.29) is 0 Å². The van der Waals surface area contributed by atoms with Crippen LogP contribution in [0.1, 0.15) is 0 Å². The van der Waals surface area contributed by atoms with Crippen molar-refractivity contribution < 1.29 is 0 Å². The molecule has 0 fully saturated rings. The number of rotatable bonds is 10. The highest BCUT2D eigenvalue weighted by Gasteiger charge is 2.41. The summed E-state index contributed by atoms with van der Waals surface area (Å²) in [6.07, 6.45) is 0. The van der Waals surface area contributed by atoms with E-state index in [0.717, 1.165) is 17.1 Å². The Morgan fingerprint density at radius 1 is 0.214 bits per heavy atom. The highest BCUT2D eigenvalue weighted by atomic mass is 28.3. The van der Waals surface area contributed by atoms with E-state index in [9.17, 15) is 0 Å². The first-order valence-electron chi connectivity index (χ1n) is 19.3. The Morgan fingerprint density at radius 2 is 0.518 bits per heavy atom. The maximum Gasteiger partial charge on any atom is 0.179 e. The lowest BCUT2D eigenvalue weighted by Gasteiger charge is -2.34. The van der Waals surface area contributed by atoms with Crippen LogP contribution < -0.4 is 25.6 Å². The van der Waals surface area contributed by atoms with Crippen LogP contribution in [-0.4, -0.2) is 8.07 Å². The Kier molecular flexibility index (Phi) is 9.78. The fourth-order valence-electron chi connectivity index (χ4n) is 8.12. The predicted molar refractivity (Wildman–Crippen MR) is 241 cm³/mol. The molecule has 0 aliphatic carbocycles. The number of benzene rings is 9. The molecular formula is C54H41NSi. The summed E-state index contributed by atoms with van der Waals surface area (Å²) in [7, 11) is -2.61. The largest absolute Gasteiger partial charge is 0.310 e. The lowest BCUT2D eigenvalue weighted by molar-refractivity contribution is 1.28. The van der Waals surface area contributed by atoms with Crippen LogP contribution in [0.5, 0.6) is 0 Å². The number of hydrogen-bond donors (Lipinski definition) is 0. The molecule has 0 radical (unpaired) electrons. The van der Waals surface area contributed by atoms with E-state index in [1.54, 1.807) is 0 Å². The van der Waals surface area contributed by atoms with E-state index in [0.29, 0.717) is 0 Å². The Labute approximate surface area is 331 Å². The summed E-state index contributed by atoms with van der Waals surface area (Å²) in [5, 5.41) is 5.48. The van der Waals surface area contributed by atoms with Gasteiger partial charge in [0, 0.05) is 17.1 Å². The van der Waals surface area contributed by atoms with E-state index in [1.807, 2.05) is 0 Å². The second-order valence-corrected chi connectivity index (χ2v) is 17.9. The first-order valence-corrected chi connectivity index (χ1v) is 21.3. The maximum atomic E-state index is 2.38. The van der Waals surface area contributed by atoms with Crippen molar-refractivity contribution in [2.24, 2.45) is 0 Å². The molecule has 2 heteroatoms. The molecule has 56 heavy (non-hydrogen) atoms. The summed E-state index contributed by atoms with van der Waals surface area (Å²) >= 11 is 0. The second-order valence-electron chi connectivity index (χ2n) is 14.1. The van der Waals surface area contributed by atoms with Crippen molar-refractivity contribution in [3.8, 4) is 33.4 Å². The smallest absolute Gasteiger partial charge is 0.179 e. The molecule has 0 saturated carbocycles. The van der Waals surface area contributed by atoms with Crippen molar-refractivity contribution >= 4 is 45.9 Å². The molecule has 1 nitrogen and oxygen atoms in total. The molecule has 0 aromatic heterocycles. The Bertz CT molecular complexity index is 2450. The van der Waals surface area contributed by atoms with Gasteiger partial charge in [-0.25, -0.2) is 0 Å². The molecule has 0 aliphatic heterocycles. The first kappa shape index (κ1) is 34.7. The van der Waals surface area contributed by atoms with Crippen LogP contribution in [-0.2, 0) is 0 Å². The van der Waals surface area contributed by atoms with Gasteiger partial charge in [-0.3, -0.25) is 0 Å². The molecule has 9 rings (SSSR count). The van der Waals surface area contributed by atoms with Crippen LogP contribution in [0.2, 0.25) is 0 Å². The van der Waals surface area contributed by atoms with Crippen LogP contribution >= 0.6 is 0 Å². The molecule has 0 amide bonds. The first-order chi connectivity index (χ1) is 27.8. The third-order valence-corrected chi connectivity index (χ3v) is 15.6. The van der Waals surface area contributed by atoms with Crippen LogP contribution in [0.3, 0.4) is 0 Å². The molecule has 0 heterocycles. The van der Waals surface area contributed by atoms with Crippen molar-refractivity contribution in [1.82, 2.24) is 0 Å². The molecule has 9 aromatic rings. The minimum absolute atomic E-state index is 1.10. The van der Waals surface area contributed by atoms with Gasteiger partial charge in [0.15, 0.2) is 8.07 Å². The van der Waals surface area contributed by atoms with Gasteiger partial charge in [0.25, 0.3) is 0 Å². The van der Waals surface area contributed by atoms with Gasteiger partial charge in [0.2, 0.25) is 0 Å². The van der Waals surface area contributed by atoms with Gasteiger partial charge in [0.05, 0.1) is 0 Å². The van der Waals surface area contributed by atoms with E-state index >= 15 is 0 Å². The monoisotopic (exact) mass is 731 g/mol. The van der Waals surface area contributed by atoms with Gasteiger partial charge >= 0.3 is 0 Å². The van der Waals surface area contributed by atoms with Crippen molar-refractivity contribution in [1.29, 1.82) is 0 Å². The highest BCUT2D eigenvalue weighted by Crippen LogP contribution is 2.38. The molecule has 0 saturated heterocycles. The summed E-state index contributed by atoms with van der Waals surface area (Å²) in [6, 6.07) is 90.6. The van der Waals surface area contributed by atoms with Crippen molar-refractivity contribution in [3.63, 3.8) is 0 Å². The third kappa shape index (κ3) is 6.79. The van der Waals surface area contributed by atoms with Gasteiger partial charge in [0.1, 0.15) is 0 Å². The Hall–Kier alpha value is -7.00. The SMILES string of the molecule is c1ccc(-c2ccc(N(c3ccc(-c4ccccc4)cc3)c3cccc(-c4ccc([Si](c5ccccc5)(c5ccccc5)c5ccccc5)cc4)c3)cc2)cc1. The summed E-state index contributed by atoms with van der Waals surface area (Å²) in [5.41, 5.74) is 10.5. The molecule has 0 spiro atoms. The summed E-state index contributed by atoms with van der Waals surface area (Å²) < 4.78 is 0. The van der Waals surface area contributed by atoms with E-state index in [4.69, 9.17) is 0 Å². The van der Waals surface area contributed by atoms with Crippen LogP contribution in [0.25, 0.3) is 33.4 Å². The van der Waals surface area contributed by atoms with Gasteiger partial charge in [-0.2, -0.15) is 0 Å². The fourth-order valence-corrected chi connectivity index (χ4v) is 12.9. The second kappa shape index (κ2) is 15.8. The molecule has 0 unspecified atom stereocenters. The normalized spacial score (nSPS) is 11.2. The lowest BCUT2D eigenvalue weighted by atomic mass is 10.0. The molecular weight excluding hydrogens is 691 g/mol. The van der Waals surface area contributed by atoms with Gasteiger partial charge < -0.3 is 4.90 Å². The highest BCUT2D eigenvalue weighted by molar-refractivity contribution is 7.19. The van der Waals surface area contributed by atoms with Crippen molar-refractivity contribution in [2.45, 2.75) is 0 Å². The zero-order valence-corrected chi connectivity index (χ0v) is 32.1. The molecule has 0 N–H and O–H groups in total. The summed E-state index contributed by atoms with van der Waals surface area (Å²) in [4.78, 5) is 2.36. The van der Waals surface area contributed by atoms with Gasteiger partial charge in [-0.15, -0.1) is 0 Å².